The molecule has 0 aliphatic rings. The summed E-state index contributed by atoms with van der Waals surface area (Å²) in [7, 11) is 0. The van der Waals surface area contributed by atoms with Gasteiger partial charge in [-0.05, 0) is 55.5 Å². The second kappa shape index (κ2) is 8.93. The Morgan fingerprint density at radius 3 is 2.38 bits per heavy atom. The van der Waals surface area contributed by atoms with E-state index in [1.54, 1.807) is 11.8 Å². The van der Waals surface area contributed by atoms with Crippen LogP contribution in [0.4, 0.5) is 0 Å². The summed E-state index contributed by atoms with van der Waals surface area (Å²) in [6.07, 6.45) is 2.01. The number of benzene rings is 2. The van der Waals surface area contributed by atoms with Gasteiger partial charge in [0.05, 0.1) is 5.25 Å². The van der Waals surface area contributed by atoms with Crippen LogP contribution < -0.4 is 5.32 Å². The molecule has 128 valence electrons. The van der Waals surface area contributed by atoms with E-state index in [1.807, 2.05) is 6.92 Å². The van der Waals surface area contributed by atoms with E-state index in [-0.39, 0.29) is 11.2 Å². The number of rotatable bonds is 7. The molecule has 0 spiro atoms. The van der Waals surface area contributed by atoms with Crippen molar-refractivity contribution in [2.45, 2.75) is 57.2 Å². The van der Waals surface area contributed by atoms with Crippen LogP contribution in [0.5, 0.6) is 0 Å². The van der Waals surface area contributed by atoms with E-state index in [4.69, 9.17) is 0 Å². The van der Waals surface area contributed by atoms with Gasteiger partial charge in [-0.1, -0.05) is 49.7 Å². The van der Waals surface area contributed by atoms with Crippen molar-refractivity contribution in [3.05, 3.63) is 64.7 Å². The second-order valence-electron chi connectivity index (χ2n) is 6.10. The number of thioether (sulfide) groups is 1. The highest BCUT2D eigenvalue weighted by molar-refractivity contribution is 8.00. The summed E-state index contributed by atoms with van der Waals surface area (Å²) in [5.74, 6) is 0.0875. The van der Waals surface area contributed by atoms with E-state index in [0.717, 1.165) is 17.7 Å². The molecule has 24 heavy (non-hydrogen) atoms. The Hall–Kier alpha value is -1.74. The number of hydrogen-bond acceptors (Lipinski definition) is 2. The highest BCUT2D eigenvalue weighted by Gasteiger charge is 2.14. The molecule has 2 nitrogen and oxygen atoms in total. The molecular formula is C21H27NOS. The molecule has 0 fully saturated rings. The van der Waals surface area contributed by atoms with Crippen molar-refractivity contribution in [1.82, 2.24) is 5.32 Å². The molecule has 0 unspecified atom stereocenters. The first kappa shape index (κ1) is 18.6. The van der Waals surface area contributed by atoms with Gasteiger partial charge in [-0.15, -0.1) is 11.8 Å². The Labute approximate surface area is 150 Å². The molecule has 1 N–H and O–H groups in total. The summed E-state index contributed by atoms with van der Waals surface area (Å²) in [4.78, 5) is 13.5. The van der Waals surface area contributed by atoms with Gasteiger partial charge in [0.25, 0.3) is 0 Å². The van der Waals surface area contributed by atoms with E-state index in [0.29, 0.717) is 6.54 Å². The number of carbonyl (C=O) groups is 1. The van der Waals surface area contributed by atoms with Gasteiger partial charge in [-0.25, -0.2) is 0 Å². The Morgan fingerprint density at radius 1 is 1.04 bits per heavy atom. The van der Waals surface area contributed by atoms with Crippen molar-refractivity contribution in [2.24, 2.45) is 0 Å². The zero-order valence-electron chi connectivity index (χ0n) is 15.1. The van der Waals surface area contributed by atoms with Crippen LogP contribution in [-0.2, 0) is 24.2 Å². The van der Waals surface area contributed by atoms with E-state index in [1.165, 1.54) is 22.3 Å². The normalized spacial score (nSPS) is 12.0. The van der Waals surface area contributed by atoms with Crippen LogP contribution in [0.25, 0.3) is 0 Å². The van der Waals surface area contributed by atoms with Gasteiger partial charge in [0.1, 0.15) is 0 Å². The SMILES string of the molecule is CCc1ccc(CC)c(CNC(=O)[C@H](C)Sc2ccc(C)cc2)c1. The zero-order valence-corrected chi connectivity index (χ0v) is 15.9. The second-order valence-corrected chi connectivity index (χ2v) is 7.52. The fraction of sp³-hybridized carbons (Fsp3) is 0.381. The van der Waals surface area contributed by atoms with Crippen molar-refractivity contribution in [3.63, 3.8) is 0 Å². The molecule has 0 saturated carbocycles. The monoisotopic (exact) mass is 341 g/mol. The topological polar surface area (TPSA) is 29.1 Å². The third kappa shape index (κ3) is 5.13. The lowest BCUT2D eigenvalue weighted by Gasteiger charge is -2.14. The van der Waals surface area contributed by atoms with Gasteiger partial charge in [-0.3, -0.25) is 4.79 Å². The van der Waals surface area contributed by atoms with Crippen LogP contribution in [0.2, 0.25) is 0 Å². The molecule has 2 aromatic carbocycles. The molecule has 0 saturated heterocycles. The van der Waals surface area contributed by atoms with Gasteiger partial charge >= 0.3 is 0 Å². The lowest BCUT2D eigenvalue weighted by atomic mass is 10.0. The average Bonchev–Trinajstić information content (AvgIpc) is 2.61. The van der Waals surface area contributed by atoms with Crippen LogP contribution in [0.1, 0.15) is 43.0 Å². The molecule has 1 amide bonds. The van der Waals surface area contributed by atoms with Crippen LogP contribution in [-0.4, -0.2) is 11.2 Å². The first-order valence-corrected chi connectivity index (χ1v) is 9.53. The molecule has 0 aliphatic heterocycles. The molecular weight excluding hydrogens is 314 g/mol. The number of hydrogen-bond donors (Lipinski definition) is 1. The molecule has 1 atom stereocenters. The Bertz CT molecular complexity index is 679. The fourth-order valence-corrected chi connectivity index (χ4v) is 3.50. The van der Waals surface area contributed by atoms with Gasteiger partial charge in [0, 0.05) is 11.4 Å². The van der Waals surface area contributed by atoms with Crippen molar-refractivity contribution in [3.8, 4) is 0 Å². The summed E-state index contributed by atoms with van der Waals surface area (Å²) in [5, 5.41) is 2.99. The Balaban J connectivity index is 1.95. The van der Waals surface area contributed by atoms with E-state index in [9.17, 15) is 4.79 Å². The average molecular weight is 342 g/mol. The first-order chi connectivity index (χ1) is 11.5. The summed E-state index contributed by atoms with van der Waals surface area (Å²) in [6.45, 7) is 8.95. The highest BCUT2D eigenvalue weighted by atomic mass is 32.2. The summed E-state index contributed by atoms with van der Waals surface area (Å²) in [5.41, 5.74) is 5.10. The maximum absolute atomic E-state index is 12.4. The standard InChI is InChI=1S/C21H27NOS/c1-5-17-9-10-18(6-2)19(13-17)14-22-21(23)16(4)24-20-11-7-15(3)8-12-20/h7-13,16H,5-6,14H2,1-4H3,(H,22,23)/t16-/m0/s1. The lowest BCUT2D eigenvalue weighted by Crippen LogP contribution is -2.30. The summed E-state index contributed by atoms with van der Waals surface area (Å²) in [6, 6.07) is 14.9. The van der Waals surface area contributed by atoms with Crippen LogP contribution in [0.3, 0.4) is 0 Å². The van der Waals surface area contributed by atoms with E-state index >= 15 is 0 Å². The third-order valence-electron chi connectivity index (χ3n) is 4.22. The van der Waals surface area contributed by atoms with Crippen LogP contribution >= 0.6 is 11.8 Å². The largest absolute Gasteiger partial charge is 0.351 e. The predicted molar refractivity (Wildman–Crippen MR) is 104 cm³/mol. The number of amides is 1. The minimum atomic E-state index is -0.104. The minimum absolute atomic E-state index is 0.0875. The summed E-state index contributed by atoms with van der Waals surface area (Å²) >= 11 is 1.60. The zero-order chi connectivity index (χ0) is 17.5. The van der Waals surface area contributed by atoms with Gasteiger partial charge in [0.15, 0.2) is 0 Å². The highest BCUT2D eigenvalue weighted by Crippen LogP contribution is 2.23. The van der Waals surface area contributed by atoms with Gasteiger partial charge in [-0.2, -0.15) is 0 Å². The Kier molecular flexibility index (Phi) is 6.92. The minimum Gasteiger partial charge on any atom is -0.351 e. The molecule has 0 bridgehead atoms. The van der Waals surface area contributed by atoms with Crippen molar-refractivity contribution in [2.75, 3.05) is 0 Å². The molecule has 0 radical (unpaired) electrons. The van der Waals surface area contributed by atoms with Crippen LogP contribution in [0, 0.1) is 6.92 Å². The fourth-order valence-electron chi connectivity index (χ4n) is 2.61. The number of aryl methyl sites for hydroxylation is 3. The molecule has 0 aromatic heterocycles. The van der Waals surface area contributed by atoms with Gasteiger partial charge in [0.2, 0.25) is 5.91 Å². The summed E-state index contributed by atoms with van der Waals surface area (Å²) < 4.78 is 0. The van der Waals surface area contributed by atoms with E-state index in [2.05, 4.69) is 68.6 Å². The van der Waals surface area contributed by atoms with Crippen molar-refractivity contribution >= 4 is 17.7 Å². The maximum Gasteiger partial charge on any atom is 0.233 e. The third-order valence-corrected chi connectivity index (χ3v) is 5.33. The molecule has 3 heteroatoms. The van der Waals surface area contributed by atoms with Crippen molar-refractivity contribution < 1.29 is 4.79 Å². The predicted octanol–water partition coefficient (Wildman–Crippen LogP) is 4.92. The Morgan fingerprint density at radius 2 is 1.75 bits per heavy atom. The van der Waals surface area contributed by atoms with Crippen LogP contribution in [0.15, 0.2) is 47.4 Å². The molecule has 0 aliphatic carbocycles. The smallest absolute Gasteiger partial charge is 0.233 e. The van der Waals surface area contributed by atoms with E-state index < -0.39 is 0 Å². The lowest BCUT2D eigenvalue weighted by molar-refractivity contribution is -0.120. The molecule has 2 rings (SSSR count). The van der Waals surface area contributed by atoms with Gasteiger partial charge < -0.3 is 5.32 Å². The maximum atomic E-state index is 12.4. The van der Waals surface area contributed by atoms with Crippen molar-refractivity contribution in [1.29, 1.82) is 0 Å². The number of nitrogens with one attached hydrogen (secondary N) is 1. The quantitative estimate of drug-likeness (QED) is 0.725. The number of carbonyl (C=O) groups excluding carboxylic acids is 1. The first-order valence-electron chi connectivity index (χ1n) is 8.65. The molecule has 0 heterocycles. The molecule has 2 aromatic rings.